The maximum atomic E-state index is 13.4. The minimum atomic E-state index is -0.871. The molecule has 0 spiro atoms. The lowest BCUT2D eigenvalue weighted by Crippen LogP contribution is -2.42. The van der Waals surface area contributed by atoms with Crippen molar-refractivity contribution in [1.29, 1.82) is 0 Å². The van der Waals surface area contributed by atoms with E-state index in [1.807, 2.05) is 24.3 Å². The van der Waals surface area contributed by atoms with Gasteiger partial charge < -0.3 is 19.3 Å². The largest absolute Gasteiger partial charge is 0.506 e. The molecule has 0 fully saturated rings. The van der Waals surface area contributed by atoms with Crippen LogP contribution in [0.1, 0.15) is 31.2 Å². The molecule has 0 saturated carbocycles. The van der Waals surface area contributed by atoms with E-state index in [2.05, 4.69) is 15.1 Å². The van der Waals surface area contributed by atoms with Gasteiger partial charge >= 0.3 is 5.97 Å². The Labute approximate surface area is 178 Å². The topological polar surface area (TPSA) is 119 Å². The number of esters is 1. The van der Waals surface area contributed by atoms with E-state index >= 15 is 0 Å². The number of benzene rings is 1. The highest BCUT2D eigenvalue weighted by molar-refractivity contribution is 6.01. The summed E-state index contributed by atoms with van der Waals surface area (Å²) in [6, 6.07) is 10.4. The van der Waals surface area contributed by atoms with Crippen molar-refractivity contribution in [2.24, 2.45) is 5.41 Å². The van der Waals surface area contributed by atoms with Gasteiger partial charge in [-0.1, -0.05) is 37.2 Å². The number of nitrogens with zero attached hydrogens (tertiary/aromatic N) is 4. The average molecular weight is 422 g/mol. The molecule has 0 saturated heterocycles. The van der Waals surface area contributed by atoms with Crippen molar-refractivity contribution >= 4 is 17.6 Å². The number of para-hydroxylation sites is 1. The van der Waals surface area contributed by atoms with Crippen molar-refractivity contribution in [3.8, 4) is 17.3 Å². The number of carbonyl (C=O) groups is 2. The highest BCUT2D eigenvalue weighted by Crippen LogP contribution is 2.39. The monoisotopic (exact) mass is 422 g/mol. The second-order valence-electron chi connectivity index (χ2n) is 8.02. The minimum absolute atomic E-state index is 0.0374. The van der Waals surface area contributed by atoms with E-state index in [1.165, 1.54) is 19.4 Å². The second kappa shape index (κ2) is 7.82. The summed E-state index contributed by atoms with van der Waals surface area (Å²) in [5.41, 5.74) is 1.06. The first kappa shape index (κ1) is 20.5. The van der Waals surface area contributed by atoms with Crippen LogP contribution >= 0.6 is 0 Å². The predicted molar refractivity (Wildman–Crippen MR) is 110 cm³/mol. The van der Waals surface area contributed by atoms with Crippen molar-refractivity contribution in [2.75, 3.05) is 18.6 Å². The molecule has 1 aliphatic heterocycles. The van der Waals surface area contributed by atoms with E-state index in [1.54, 1.807) is 24.8 Å². The van der Waals surface area contributed by atoms with Gasteiger partial charge in [0.25, 0.3) is 0 Å². The van der Waals surface area contributed by atoms with Crippen LogP contribution in [0.25, 0.3) is 11.5 Å². The lowest BCUT2D eigenvalue weighted by atomic mass is 9.87. The van der Waals surface area contributed by atoms with E-state index < -0.39 is 11.3 Å². The van der Waals surface area contributed by atoms with Gasteiger partial charge in [0.05, 0.1) is 18.7 Å². The SMILES string of the molecule is COC(=O)C1CN(C(=O)C(C)(C)Cc2nc(-c3ccc(O)cn3)no2)c2ccccc21. The molecule has 1 unspecified atom stereocenters. The highest BCUT2D eigenvalue weighted by Gasteiger charge is 2.42. The van der Waals surface area contributed by atoms with Gasteiger partial charge in [0.2, 0.25) is 17.6 Å². The smallest absolute Gasteiger partial charge is 0.315 e. The molecule has 9 nitrogen and oxygen atoms in total. The second-order valence-corrected chi connectivity index (χ2v) is 8.02. The molecule has 3 heterocycles. The van der Waals surface area contributed by atoms with Crippen molar-refractivity contribution in [1.82, 2.24) is 15.1 Å². The molecule has 3 aromatic rings. The van der Waals surface area contributed by atoms with Gasteiger partial charge in [0, 0.05) is 18.7 Å². The molecule has 31 heavy (non-hydrogen) atoms. The standard InChI is InChI=1S/C22H22N4O5/c1-22(2,10-18-24-19(25-31-18)16-9-8-13(27)11-23-16)21(29)26-12-15(20(28)30-3)14-6-4-5-7-17(14)26/h4-9,11,15,27H,10,12H2,1-3H3. The Morgan fingerprint density at radius 3 is 2.74 bits per heavy atom. The average Bonchev–Trinajstić information content (AvgIpc) is 3.37. The predicted octanol–water partition coefficient (Wildman–Crippen LogP) is 2.71. The highest BCUT2D eigenvalue weighted by atomic mass is 16.5. The maximum absolute atomic E-state index is 13.4. The van der Waals surface area contributed by atoms with E-state index in [9.17, 15) is 14.7 Å². The lowest BCUT2D eigenvalue weighted by Gasteiger charge is -2.28. The fraction of sp³-hybridized carbons (Fsp3) is 0.318. The van der Waals surface area contributed by atoms with Crippen LogP contribution in [0.15, 0.2) is 47.1 Å². The number of hydrogen-bond acceptors (Lipinski definition) is 8. The number of anilines is 1. The number of fused-ring (bicyclic) bond motifs is 1. The van der Waals surface area contributed by atoms with Crippen LogP contribution < -0.4 is 4.90 Å². The Hall–Kier alpha value is -3.75. The van der Waals surface area contributed by atoms with Crippen LogP contribution in [0.5, 0.6) is 5.75 Å². The summed E-state index contributed by atoms with van der Waals surface area (Å²) >= 11 is 0. The molecule has 1 N–H and O–H groups in total. The van der Waals surface area contributed by atoms with Gasteiger partial charge in [-0.15, -0.1) is 0 Å². The molecule has 1 aromatic carbocycles. The number of hydrogen-bond donors (Lipinski definition) is 1. The van der Waals surface area contributed by atoms with Crippen molar-refractivity contribution < 1.29 is 24.0 Å². The first-order chi connectivity index (χ1) is 14.8. The zero-order valence-electron chi connectivity index (χ0n) is 17.4. The third kappa shape index (κ3) is 3.86. The third-order valence-electron chi connectivity index (χ3n) is 5.32. The Kier molecular flexibility index (Phi) is 5.18. The summed E-state index contributed by atoms with van der Waals surface area (Å²) in [5, 5.41) is 13.3. The van der Waals surface area contributed by atoms with Crippen LogP contribution in [-0.2, 0) is 20.7 Å². The maximum Gasteiger partial charge on any atom is 0.315 e. The molecule has 1 aliphatic rings. The van der Waals surface area contributed by atoms with Crippen LogP contribution in [0, 0.1) is 5.41 Å². The quantitative estimate of drug-likeness (QED) is 0.624. The van der Waals surface area contributed by atoms with Gasteiger partial charge in [0.15, 0.2) is 0 Å². The number of methoxy groups -OCH3 is 1. The van der Waals surface area contributed by atoms with Crippen molar-refractivity contribution in [3.63, 3.8) is 0 Å². The molecule has 0 bridgehead atoms. The van der Waals surface area contributed by atoms with Crippen LogP contribution in [0.2, 0.25) is 0 Å². The number of carbonyl (C=O) groups excluding carboxylic acids is 2. The van der Waals surface area contributed by atoms with E-state index in [0.717, 1.165) is 5.56 Å². The fourth-order valence-electron chi connectivity index (χ4n) is 3.71. The van der Waals surface area contributed by atoms with Gasteiger partial charge in [-0.25, -0.2) is 4.98 Å². The zero-order valence-corrected chi connectivity index (χ0v) is 17.4. The van der Waals surface area contributed by atoms with Crippen molar-refractivity contribution in [2.45, 2.75) is 26.2 Å². The zero-order chi connectivity index (χ0) is 22.2. The Balaban J connectivity index is 1.55. The summed E-state index contributed by atoms with van der Waals surface area (Å²) in [6.07, 6.45) is 1.50. The molecular formula is C22H22N4O5. The number of aromatic hydroxyl groups is 1. The summed E-state index contributed by atoms with van der Waals surface area (Å²) < 4.78 is 10.3. The van der Waals surface area contributed by atoms with Gasteiger partial charge in [-0.2, -0.15) is 4.98 Å². The summed E-state index contributed by atoms with van der Waals surface area (Å²) in [6.45, 7) is 3.82. The van der Waals surface area contributed by atoms with Gasteiger partial charge in [0.1, 0.15) is 17.4 Å². The molecule has 0 radical (unpaired) electrons. The van der Waals surface area contributed by atoms with E-state index in [-0.39, 0.29) is 36.4 Å². The third-order valence-corrected chi connectivity index (χ3v) is 5.32. The number of amides is 1. The first-order valence-electron chi connectivity index (χ1n) is 9.77. The molecular weight excluding hydrogens is 400 g/mol. The molecule has 9 heteroatoms. The normalized spacial score (nSPS) is 15.6. The van der Waals surface area contributed by atoms with Crippen LogP contribution in [0.3, 0.4) is 0 Å². The summed E-state index contributed by atoms with van der Waals surface area (Å²) in [7, 11) is 1.34. The number of pyridine rings is 1. The van der Waals surface area contributed by atoms with E-state index in [0.29, 0.717) is 17.3 Å². The summed E-state index contributed by atoms with van der Waals surface area (Å²) in [4.78, 5) is 35.7. The summed E-state index contributed by atoms with van der Waals surface area (Å²) in [5.74, 6) is -0.444. The molecule has 1 amide bonds. The molecule has 4 rings (SSSR count). The Morgan fingerprint density at radius 1 is 1.26 bits per heavy atom. The molecule has 0 aliphatic carbocycles. The van der Waals surface area contributed by atoms with Gasteiger partial charge in [-0.3, -0.25) is 9.59 Å². The Bertz CT molecular complexity index is 1120. The fourth-order valence-corrected chi connectivity index (χ4v) is 3.71. The van der Waals surface area contributed by atoms with Crippen LogP contribution in [0.4, 0.5) is 5.69 Å². The first-order valence-corrected chi connectivity index (χ1v) is 9.77. The van der Waals surface area contributed by atoms with Crippen molar-refractivity contribution in [3.05, 3.63) is 54.0 Å². The molecule has 2 aromatic heterocycles. The van der Waals surface area contributed by atoms with Crippen LogP contribution in [-0.4, -0.2) is 45.8 Å². The molecule has 1 atom stereocenters. The van der Waals surface area contributed by atoms with Gasteiger partial charge in [-0.05, 0) is 23.8 Å². The number of ether oxygens (including phenoxy) is 1. The Morgan fingerprint density at radius 2 is 2.03 bits per heavy atom. The van der Waals surface area contributed by atoms with E-state index in [4.69, 9.17) is 9.26 Å². The lowest BCUT2D eigenvalue weighted by molar-refractivity contribution is -0.142. The minimum Gasteiger partial charge on any atom is -0.506 e. The number of rotatable bonds is 5. The number of aromatic nitrogens is 3. The molecule has 160 valence electrons.